The first-order chi connectivity index (χ1) is 17.7. The fourth-order valence-electron chi connectivity index (χ4n) is 5.38. The molecule has 1 N–H and O–H groups in total. The van der Waals surface area contributed by atoms with Crippen molar-refractivity contribution in [3.8, 4) is 12.3 Å². The van der Waals surface area contributed by atoms with E-state index in [0.717, 1.165) is 15.9 Å². The van der Waals surface area contributed by atoms with Gasteiger partial charge in [0.2, 0.25) is 0 Å². The molecule has 1 heterocycles. The molecule has 6 heteroatoms. The Bertz CT molecular complexity index is 1140. The summed E-state index contributed by atoms with van der Waals surface area (Å²) in [5.41, 5.74) is -0.118. The zero-order valence-corrected chi connectivity index (χ0v) is 22.8. The Kier molecular flexibility index (Phi) is 8.43. The van der Waals surface area contributed by atoms with Gasteiger partial charge in [0, 0.05) is 12.4 Å². The molecule has 190 valence electrons. The van der Waals surface area contributed by atoms with Gasteiger partial charge in [0.05, 0.1) is 13.2 Å². The minimum Gasteiger partial charge on any atom is -0.404 e. The van der Waals surface area contributed by atoms with Crippen LogP contribution in [0, 0.1) is 12.3 Å². The molecular weight excluding hydrogens is 475 g/mol. The summed E-state index contributed by atoms with van der Waals surface area (Å²) in [6.07, 6.45) is 4.24. The maximum absolute atomic E-state index is 11.0. The summed E-state index contributed by atoms with van der Waals surface area (Å²) in [5, 5.41) is 13.1. The zero-order chi connectivity index (χ0) is 26.5. The molecule has 37 heavy (non-hydrogen) atoms. The first-order valence-electron chi connectivity index (χ1n) is 12.7. The average molecular weight is 511 g/mol. The van der Waals surface area contributed by atoms with E-state index in [1.807, 2.05) is 66.7 Å². The van der Waals surface area contributed by atoms with Gasteiger partial charge in [-0.15, -0.1) is 12.3 Å². The van der Waals surface area contributed by atoms with Gasteiger partial charge in [0.15, 0.2) is 0 Å². The van der Waals surface area contributed by atoms with Crippen LogP contribution >= 0.6 is 0 Å². The molecule has 0 amide bonds. The van der Waals surface area contributed by atoms with Crippen LogP contribution in [0.4, 0.5) is 0 Å². The van der Waals surface area contributed by atoms with E-state index in [9.17, 15) is 5.11 Å². The highest BCUT2D eigenvalue weighted by atomic mass is 28.4. The highest BCUT2D eigenvalue weighted by Gasteiger charge is 2.57. The molecule has 1 fully saturated rings. The molecule has 0 saturated carbocycles. The van der Waals surface area contributed by atoms with Gasteiger partial charge in [-0.25, -0.2) is 0 Å². The topological polar surface area (TPSA) is 47.9 Å². The van der Waals surface area contributed by atoms with Crippen LogP contribution in [0.25, 0.3) is 0 Å². The normalized spacial score (nSPS) is 24.0. The third kappa shape index (κ3) is 5.48. The van der Waals surface area contributed by atoms with E-state index < -0.39 is 32.1 Å². The smallest absolute Gasteiger partial charge is 0.261 e. The fourth-order valence-corrected chi connectivity index (χ4v) is 9.99. The third-order valence-electron chi connectivity index (χ3n) is 7.16. The molecule has 1 aliphatic heterocycles. The van der Waals surface area contributed by atoms with Crippen molar-refractivity contribution in [1.82, 2.24) is 0 Å². The Morgan fingerprint density at radius 1 is 0.946 bits per heavy atom. The minimum absolute atomic E-state index is 0.134. The van der Waals surface area contributed by atoms with Crippen molar-refractivity contribution >= 4 is 26.5 Å². The number of ether oxygens (including phenoxy) is 2. The number of aliphatic hydroxyl groups is 1. The van der Waals surface area contributed by atoms with Gasteiger partial charge in [0.1, 0.15) is 25.7 Å². The maximum Gasteiger partial charge on any atom is 0.261 e. The van der Waals surface area contributed by atoms with Crippen molar-refractivity contribution in [2.75, 3.05) is 6.61 Å². The molecular formula is C31H35BO4Si. The molecule has 1 saturated heterocycles. The van der Waals surface area contributed by atoms with E-state index in [0.29, 0.717) is 6.61 Å². The number of hydrogen-bond acceptors (Lipinski definition) is 4. The van der Waals surface area contributed by atoms with E-state index in [-0.39, 0.29) is 18.1 Å². The predicted octanol–water partition coefficient (Wildman–Crippen LogP) is 3.80. The van der Waals surface area contributed by atoms with Crippen LogP contribution in [0.1, 0.15) is 32.8 Å². The summed E-state index contributed by atoms with van der Waals surface area (Å²) in [6, 6.07) is 29.6. The maximum atomic E-state index is 11.0. The second-order valence-electron chi connectivity index (χ2n) is 10.7. The van der Waals surface area contributed by atoms with Gasteiger partial charge in [-0.2, -0.15) is 0 Å². The van der Waals surface area contributed by atoms with E-state index in [2.05, 4.69) is 51.0 Å². The monoisotopic (exact) mass is 510 g/mol. The molecule has 0 aromatic heterocycles. The Balaban J connectivity index is 1.74. The quantitative estimate of drug-likeness (QED) is 0.352. The summed E-state index contributed by atoms with van der Waals surface area (Å²) in [4.78, 5) is 0. The summed E-state index contributed by atoms with van der Waals surface area (Å²) in [7, 11) is 3.35. The Morgan fingerprint density at radius 2 is 1.46 bits per heavy atom. The molecule has 0 aliphatic carbocycles. The number of benzene rings is 3. The van der Waals surface area contributed by atoms with Crippen LogP contribution in [0.3, 0.4) is 0 Å². The number of rotatable bonds is 9. The van der Waals surface area contributed by atoms with Crippen LogP contribution in [0.15, 0.2) is 91.0 Å². The number of hydrogen-bond donors (Lipinski definition) is 1. The van der Waals surface area contributed by atoms with Gasteiger partial charge in [-0.05, 0) is 21.0 Å². The zero-order valence-electron chi connectivity index (χ0n) is 21.8. The van der Waals surface area contributed by atoms with Crippen molar-refractivity contribution in [3.05, 3.63) is 96.6 Å². The fraction of sp³-hybridized carbons (Fsp3) is 0.355. The van der Waals surface area contributed by atoms with Crippen LogP contribution < -0.4 is 10.4 Å². The highest BCUT2D eigenvalue weighted by molar-refractivity contribution is 6.99. The van der Waals surface area contributed by atoms with Crippen molar-refractivity contribution in [2.45, 2.75) is 62.6 Å². The van der Waals surface area contributed by atoms with Crippen molar-refractivity contribution in [1.29, 1.82) is 0 Å². The summed E-state index contributed by atoms with van der Waals surface area (Å²) < 4.78 is 19.7. The predicted molar refractivity (Wildman–Crippen MR) is 151 cm³/mol. The summed E-state index contributed by atoms with van der Waals surface area (Å²) >= 11 is 0. The van der Waals surface area contributed by atoms with Gasteiger partial charge in [-0.3, -0.25) is 0 Å². The number of terminal acetylenes is 1. The molecule has 4 rings (SSSR count). The van der Waals surface area contributed by atoms with Gasteiger partial charge in [-0.1, -0.05) is 112 Å². The van der Waals surface area contributed by atoms with Crippen LogP contribution in [-0.2, 0) is 20.5 Å². The second-order valence-corrected chi connectivity index (χ2v) is 15.0. The van der Waals surface area contributed by atoms with E-state index in [1.165, 1.54) is 0 Å². The molecule has 4 atom stereocenters. The molecule has 2 radical (unpaired) electrons. The first kappa shape index (κ1) is 27.4. The standard InChI is InChI=1S/C31H35BO4Si/c1-5-21-31(28(27(33)29(32)36-31)34-22-24-15-9-6-10-16-24)23-35-37(30(2,3)4,25-17-11-7-12-18-25)26-19-13-8-14-20-26/h1,6-20,27-29,33H,21-23H2,2-4H3/t27-,28+,29-,31-/m1/s1. The van der Waals surface area contributed by atoms with Gasteiger partial charge < -0.3 is 19.0 Å². The molecule has 3 aromatic rings. The Morgan fingerprint density at radius 3 is 1.95 bits per heavy atom. The Labute approximate surface area is 223 Å². The largest absolute Gasteiger partial charge is 0.404 e. The summed E-state index contributed by atoms with van der Waals surface area (Å²) in [5.74, 6) is 2.74. The molecule has 0 spiro atoms. The van der Waals surface area contributed by atoms with E-state index in [4.69, 9.17) is 28.2 Å². The van der Waals surface area contributed by atoms with E-state index in [1.54, 1.807) is 0 Å². The summed E-state index contributed by atoms with van der Waals surface area (Å²) in [6.45, 7) is 7.07. The minimum atomic E-state index is -2.88. The SMILES string of the molecule is [B][C@@H]1O[C@](CC#C)(CO[Si](c2ccccc2)(c2ccccc2)C(C)(C)C)[C@@H](OCc2ccccc2)[C@H]1O. The molecule has 4 nitrogen and oxygen atoms in total. The first-order valence-corrected chi connectivity index (χ1v) is 14.6. The molecule has 1 aliphatic rings. The second kappa shape index (κ2) is 11.4. The van der Waals surface area contributed by atoms with Gasteiger partial charge >= 0.3 is 0 Å². The lowest BCUT2D eigenvalue weighted by Crippen LogP contribution is -2.68. The lowest BCUT2D eigenvalue weighted by molar-refractivity contribution is -0.122. The highest BCUT2D eigenvalue weighted by Crippen LogP contribution is 2.41. The van der Waals surface area contributed by atoms with Crippen LogP contribution in [0.5, 0.6) is 0 Å². The Hall–Kier alpha value is -2.66. The number of aliphatic hydroxyl groups excluding tert-OH is 1. The van der Waals surface area contributed by atoms with Crippen molar-refractivity contribution < 1.29 is 19.0 Å². The molecule has 3 aromatic carbocycles. The van der Waals surface area contributed by atoms with Crippen molar-refractivity contribution in [3.63, 3.8) is 0 Å². The molecule has 0 unspecified atom stereocenters. The van der Waals surface area contributed by atoms with Gasteiger partial charge in [0.25, 0.3) is 8.32 Å². The van der Waals surface area contributed by atoms with Crippen LogP contribution in [-0.4, -0.2) is 51.7 Å². The van der Waals surface area contributed by atoms with E-state index >= 15 is 0 Å². The van der Waals surface area contributed by atoms with Crippen molar-refractivity contribution in [2.24, 2.45) is 0 Å². The lowest BCUT2D eigenvalue weighted by Gasteiger charge is -2.45. The van der Waals surface area contributed by atoms with Crippen LogP contribution in [0.2, 0.25) is 5.04 Å². The average Bonchev–Trinajstić information content (AvgIpc) is 3.13. The lowest BCUT2D eigenvalue weighted by atomic mass is 9.88. The molecule has 0 bridgehead atoms. The third-order valence-corrected chi connectivity index (χ3v) is 12.1.